The van der Waals surface area contributed by atoms with Crippen molar-refractivity contribution in [1.82, 2.24) is 0 Å². The fourth-order valence-corrected chi connectivity index (χ4v) is 12.4. The molecule has 1 spiro atoms. The number of hydrogen-bond acceptors (Lipinski definition) is 2. The minimum absolute atomic E-state index is 0.453. The van der Waals surface area contributed by atoms with Gasteiger partial charge in [-0.05, 0) is 128 Å². The van der Waals surface area contributed by atoms with Crippen LogP contribution in [-0.2, 0) is 10.8 Å². The number of hydrogen-bond donors (Lipinski definition) is 0. The lowest BCUT2D eigenvalue weighted by Crippen LogP contribution is -2.30. The Morgan fingerprint density at radius 2 is 0.924 bits per heavy atom. The Morgan fingerprint density at radius 1 is 0.409 bits per heavy atom. The van der Waals surface area contributed by atoms with Crippen molar-refractivity contribution in [3.05, 3.63) is 281 Å². The first-order valence-electron chi connectivity index (χ1n) is 23.2. The molecule has 0 saturated carbocycles. The average molecular weight is 842 g/mol. The molecule has 1 aromatic heterocycles. The van der Waals surface area contributed by atoms with Crippen LogP contribution in [0, 0.1) is 0 Å². The molecular weight excluding hydrogens is 799 g/mol. The fourth-order valence-electron chi connectivity index (χ4n) is 12.4. The normalized spacial score (nSPS) is 18.0. The SMILES string of the molecule is C1=CCCC(C2(c3ccccc3)c3ccccc3-c3ccc(N(c4ccc(-c5ccccc5)cc4)c4ccc5c(c4)C4(c6ccccc6-5)c5ccccc5-c5c4oc4ccccc54)cc32)=C1. The van der Waals surface area contributed by atoms with Gasteiger partial charge in [0.1, 0.15) is 16.8 Å². The van der Waals surface area contributed by atoms with Gasteiger partial charge in [0.2, 0.25) is 0 Å². The maximum Gasteiger partial charge on any atom is 0.135 e. The van der Waals surface area contributed by atoms with Crippen LogP contribution in [0.1, 0.15) is 52.0 Å². The summed E-state index contributed by atoms with van der Waals surface area (Å²) in [4.78, 5) is 2.49. The average Bonchev–Trinajstić information content (AvgIpc) is 4.10. The number of fused-ring (bicyclic) bond motifs is 15. The molecule has 4 aliphatic carbocycles. The summed E-state index contributed by atoms with van der Waals surface area (Å²) in [5.74, 6) is 1.00. The van der Waals surface area contributed by atoms with E-state index >= 15 is 0 Å². The number of nitrogens with zero attached hydrogens (tertiary/aromatic N) is 1. The molecule has 9 aromatic carbocycles. The largest absolute Gasteiger partial charge is 0.459 e. The predicted octanol–water partition coefficient (Wildman–Crippen LogP) is 16.5. The number of allylic oxidation sites excluding steroid dienone is 4. The predicted molar refractivity (Wildman–Crippen MR) is 271 cm³/mol. The molecule has 14 rings (SSSR count). The molecule has 0 N–H and O–H groups in total. The van der Waals surface area contributed by atoms with Crippen LogP contribution >= 0.6 is 0 Å². The summed E-state index contributed by atoms with van der Waals surface area (Å²) < 4.78 is 7.15. The van der Waals surface area contributed by atoms with E-state index in [1.165, 1.54) is 83.5 Å². The molecule has 1 heterocycles. The van der Waals surface area contributed by atoms with E-state index in [0.29, 0.717) is 0 Å². The Balaban J connectivity index is 1.04. The molecule has 0 aliphatic heterocycles. The summed E-state index contributed by atoms with van der Waals surface area (Å²) >= 11 is 0. The quantitative estimate of drug-likeness (QED) is 0.166. The summed E-state index contributed by atoms with van der Waals surface area (Å²) in [5, 5.41) is 1.16. The Kier molecular flexibility index (Phi) is 7.98. The second kappa shape index (κ2) is 14.1. The van der Waals surface area contributed by atoms with Crippen molar-refractivity contribution in [2.45, 2.75) is 23.7 Å². The van der Waals surface area contributed by atoms with Crippen molar-refractivity contribution in [2.24, 2.45) is 0 Å². The second-order valence-corrected chi connectivity index (χ2v) is 18.2. The number of anilines is 3. The van der Waals surface area contributed by atoms with Crippen molar-refractivity contribution in [3.63, 3.8) is 0 Å². The van der Waals surface area contributed by atoms with Crippen LogP contribution in [0.3, 0.4) is 0 Å². The highest BCUT2D eigenvalue weighted by atomic mass is 16.3. The highest BCUT2D eigenvalue weighted by Crippen LogP contribution is 2.65. The summed E-state index contributed by atoms with van der Waals surface area (Å²) in [6.07, 6.45) is 8.97. The van der Waals surface area contributed by atoms with Crippen LogP contribution in [0.25, 0.3) is 55.5 Å². The third-order valence-electron chi connectivity index (χ3n) is 15.0. The lowest BCUT2D eigenvalue weighted by molar-refractivity contribution is 0.507. The zero-order valence-corrected chi connectivity index (χ0v) is 36.3. The highest BCUT2D eigenvalue weighted by Gasteiger charge is 2.55. The van der Waals surface area contributed by atoms with Crippen LogP contribution < -0.4 is 4.90 Å². The standard InChI is InChI=1S/C64H43NO/c1-4-18-42(19-5-1)43-32-34-46(35-33-43)65(47-36-38-51-49-24-10-14-28-55(49)63(58(51)40-47,44-20-6-2-7-21-44)45-22-8-3-9-23-45)48-37-39-52-50-25-11-15-29-56(50)64(59(52)41-48)57-30-16-12-26-53(57)61-54-27-13-17-31-60(54)66-62(61)64/h1-8,10-22,24-41H,9,23H2. The number of benzene rings is 9. The lowest BCUT2D eigenvalue weighted by atomic mass is 9.65. The van der Waals surface area contributed by atoms with E-state index in [2.05, 4.69) is 242 Å². The molecule has 2 unspecified atom stereocenters. The summed E-state index contributed by atoms with van der Waals surface area (Å²) in [6.45, 7) is 0. The van der Waals surface area contributed by atoms with Crippen LogP contribution in [0.2, 0.25) is 0 Å². The van der Waals surface area contributed by atoms with Gasteiger partial charge in [0.05, 0.1) is 5.41 Å². The van der Waals surface area contributed by atoms with E-state index in [9.17, 15) is 0 Å². The molecule has 66 heavy (non-hydrogen) atoms. The van der Waals surface area contributed by atoms with Crippen molar-refractivity contribution >= 4 is 28.0 Å². The van der Waals surface area contributed by atoms with Gasteiger partial charge in [-0.3, -0.25) is 0 Å². The van der Waals surface area contributed by atoms with Crippen LogP contribution in [0.4, 0.5) is 17.1 Å². The van der Waals surface area contributed by atoms with E-state index in [1.54, 1.807) is 0 Å². The van der Waals surface area contributed by atoms with Gasteiger partial charge >= 0.3 is 0 Å². The van der Waals surface area contributed by atoms with E-state index in [1.807, 2.05) is 0 Å². The Labute approximate surface area is 385 Å². The first kappa shape index (κ1) is 37.2. The zero-order valence-electron chi connectivity index (χ0n) is 36.3. The summed E-state index contributed by atoms with van der Waals surface area (Å²) in [5.41, 5.74) is 22.2. The molecule has 0 fully saturated rings. The molecule has 2 nitrogen and oxygen atoms in total. The molecule has 10 aromatic rings. The van der Waals surface area contributed by atoms with Crippen LogP contribution in [-0.4, -0.2) is 0 Å². The van der Waals surface area contributed by atoms with Gasteiger partial charge < -0.3 is 9.32 Å². The maximum absolute atomic E-state index is 7.15. The second-order valence-electron chi connectivity index (χ2n) is 18.2. The molecule has 310 valence electrons. The molecule has 2 heteroatoms. The minimum atomic E-state index is -0.640. The van der Waals surface area contributed by atoms with Gasteiger partial charge in [0.15, 0.2) is 0 Å². The van der Waals surface area contributed by atoms with Crippen LogP contribution in [0.5, 0.6) is 0 Å². The Hall–Kier alpha value is -8.20. The summed E-state index contributed by atoms with van der Waals surface area (Å²) in [6, 6.07) is 81.0. The van der Waals surface area contributed by atoms with Crippen LogP contribution in [0.15, 0.2) is 247 Å². The van der Waals surface area contributed by atoms with Gasteiger partial charge in [-0.15, -0.1) is 0 Å². The molecule has 2 atom stereocenters. The molecule has 0 saturated heterocycles. The third-order valence-corrected chi connectivity index (χ3v) is 15.0. The Bertz CT molecular complexity index is 3650. The fraction of sp³-hybridized carbons (Fsp3) is 0.0625. The highest BCUT2D eigenvalue weighted by molar-refractivity contribution is 6.05. The topological polar surface area (TPSA) is 16.4 Å². The van der Waals surface area contributed by atoms with Gasteiger partial charge in [0, 0.05) is 28.0 Å². The lowest BCUT2D eigenvalue weighted by Gasteiger charge is -2.37. The van der Waals surface area contributed by atoms with Crippen molar-refractivity contribution in [3.8, 4) is 44.5 Å². The molecule has 0 amide bonds. The number of furan rings is 1. The Morgan fingerprint density at radius 3 is 1.59 bits per heavy atom. The van der Waals surface area contributed by atoms with E-state index in [4.69, 9.17) is 4.42 Å². The van der Waals surface area contributed by atoms with Crippen molar-refractivity contribution in [1.29, 1.82) is 0 Å². The molecule has 0 bridgehead atoms. The number of para-hydroxylation sites is 1. The monoisotopic (exact) mass is 841 g/mol. The van der Waals surface area contributed by atoms with Crippen molar-refractivity contribution in [2.75, 3.05) is 4.90 Å². The smallest absolute Gasteiger partial charge is 0.135 e. The molecule has 4 aliphatic rings. The number of rotatable bonds is 6. The summed E-state index contributed by atoms with van der Waals surface area (Å²) in [7, 11) is 0. The van der Waals surface area contributed by atoms with Crippen molar-refractivity contribution < 1.29 is 4.42 Å². The first-order valence-corrected chi connectivity index (χ1v) is 23.2. The van der Waals surface area contributed by atoms with Gasteiger partial charge in [0.25, 0.3) is 0 Å². The first-order chi connectivity index (χ1) is 32.7. The third kappa shape index (κ3) is 4.96. The minimum Gasteiger partial charge on any atom is -0.459 e. The van der Waals surface area contributed by atoms with E-state index in [-0.39, 0.29) is 0 Å². The maximum atomic E-state index is 7.15. The van der Waals surface area contributed by atoms with Gasteiger partial charge in [-0.2, -0.15) is 0 Å². The molecular formula is C64H43NO. The van der Waals surface area contributed by atoms with Gasteiger partial charge in [-0.1, -0.05) is 200 Å². The van der Waals surface area contributed by atoms with E-state index < -0.39 is 10.8 Å². The molecule has 0 radical (unpaired) electrons. The van der Waals surface area contributed by atoms with E-state index in [0.717, 1.165) is 46.6 Å². The zero-order chi connectivity index (χ0) is 43.4. The van der Waals surface area contributed by atoms with Gasteiger partial charge in [-0.25, -0.2) is 0 Å².